The first-order chi connectivity index (χ1) is 16.5. The van der Waals surface area contributed by atoms with E-state index >= 15 is 0 Å². The topological polar surface area (TPSA) is 55.4 Å². The Balaban J connectivity index is 1.83. The zero-order valence-corrected chi connectivity index (χ0v) is 20.2. The van der Waals surface area contributed by atoms with Gasteiger partial charge in [-0.15, -0.1) is 0 Å². The van der Waals surface area contributed by atoms with Crippen LogP contribution in [0, 0.1) is 6.92 Å². The Kier molecular flexibility index (Phi) is 7.20. The molecule has 4 aromatic rings. The van der Waals surface area contributed by atoms with Crippen molar-refractivity contribution >= 4 is 40.7 Å². The Morgan fingerprint density at radius 2 is 1.21 bits per heavy atom. The molecule has 0 fully saturated rings. The largest absolute Gasteiger partial charge is 0.465 e. The zero-order chi connectivity index (χ0) is 24.0. The molecule has 5 heteroatoms. The Bertz CT molecular complexity index is 1230. The molecule has 34 heavy (non-hydrogen) atoms. The lowest BCUT2D eigenvalue weighted by molar-refractivity contribution is -0.113. The smallest absolute Gasteiger partial charge is 0.339 e. The molecule has 0 bridgehead atoms. The van der Waals surface area contributed by atoms with Crippen molar-refractivity contribution in [3.8, 4) is 0 Å². The Morgan fingerprint density at radius 1 is 0.706 bits per heavy atom. The first-order valence-electron chi connectivity index (χ1n) is 11.1. The minimum Gasteiger partial charge on any atom is -0.465 e. The number of carbonyl (C=O) groups excluding carboxylic acids is 2. The van der Waals surface area contributed by atoms with Gasteiger partial charge in [0, 0.05) is 0 Å². The molecule has 0 spiro atoms. The SMILES string of the molecule is COC(=O)c1ccccc1NC(=O)C[P+](c1ccccc1)(c1ccccc1)c1ccc(C)cc1. The van der Waals surface area contributed by atoms with E-state index in [1.54, 1.807) is 24.3 Å². The minimum atomic E-state index is -2.34. The summed E-state index contributed by atoms with van der Waals surface area (Å²) in [6.45, 7) is 2.06. The van der Waals surface area contributed by atoms with Gasteiger partial charge in [0.1, 0.15) is 23.2 Å². The number of benzene rings is 4. The number of rotatable bonds is 7. The Labute approximate surface area is 200 Å². The van der Waals surface area contributed by atoms with Crippen LogP contribution in [0.15, 0.2) is 109 Å². The molecule has 0 aliphatic carbocycles. The van der Waals surface area contributed by atoms with Gasteiger partial charge in [0.25, 0.3) is 5.91 Å². The molecule has 1 amide bonds. The molecule has 0 aromatic heterocycles. The van der Waals surface area contributed by atoms with Crippen LogP contribution in [-0.4, -0.2) is 25.1 Å². The van der Waals surface area contributed by atoms with E-state index in [4.69, 9.17) is 4.74 Å². The molecule has 0 unspecified atom stereocenters. The van der Waals surface area contributed by atoms with Crippen LogP contribution >= 0.6 is 7.26 Å². The third kappa shape index (κ3) is 4.78. The number of methoxy groups -OCH3 is 1. The highest BCUT2D eigenvalue weighted by Gasteiger charge is 2.47. The van der Waals surface area contributed by atoms with Crippen molar-refractivity contribution in [2.75, 3.05) is 18.6 Å². The molecule has 0 heterocycles. The van der Waals surface area contributed by atoms with Crippen molar-refractivity contribution in [3.63, 3.8) is 0 Å². The summed E-state index contributed by atoms with van der Waals surface area (Å²) < 4.78 is 4.90. The highest BCUT2D eigenvalue weighted by molar-refractivity contribution is 7.96. The van der Waals surface area contributed by atoms with E-state index in [0.717, 1.165) is 15.9 Å². The summed E-state index contributed by atoms with van der Waals surface area (Å²) in [5.74, 6) is -0.639. The lowest BCUT2D eigenvalue weighted by atomic mass is 10.2. The van der Waals surface area contributed by atoms with Crippen molar-refractivity contribution in [3.05, 3.63) is 120 Å². The molecular weight excluding hydrogens is 441 g/mol. The van der Waals surface area contributed by atoms with Gasteiger partial charge < -0.3 is 10.1 Å². The van der Waals surface area contributed by atoms with Crippen molar-refractivity contribution in [1.29, 1.82) is 0 Å². The van der Waals surface area contributed by atoms with Gasteiger partial charge in [-0.25, -0.2) is 4.79 Å². The Hall–Kier alpha value is -3.75. The predicted molar refractivity (Wildman–Crippen MR) is 141 cm³/mol. The molecule has 1 N–H and O–H groups in total. The van der Waals surface area contributed by atoms with Gasteiger partial charge in [-0.2, -0.15) is 0 Å². The van der Waals surface area contributed by atoms with Crippen LogP contribution in [0.5, 0.6) is 0 Å². The monoisotopic (exact) mass is 468 g/mol. The number of aryl methyl sites for hydroxylation is 1. The van der Waals surface area contributed by atoms with E-state index in [-0.39, 0.29) is 12.1 Å². The number of esters is 1. The standard InChI is InChI=1S/C29H26NO3P/c1-22-17-19-25(20-18-22)34(23-11-5-3-6-12-23,24-13-7-4-8-14-24)21-28(31)30-27-16-10-9-15-26(27)29(32)33-2/h3-20H,21H2,1-2H3/p+1. The minimum absolute atomic E-state index is 0.155. The van der Waals surface area contributed by atoms with E-state index in [1.165, 1.54) is 12.7 Å². The molecule has 4 aromatic carbocycles. The maximum absolute atomic E-state index is 13.6. The van der Waals surface area contributed by atoms with E-state index in [2.05, 4.69) is 60.8 Å². The predicted octanol–water partition coefficient (Wildman–Crippen LogP) is 4.71. The van der Waals surface area contributed by atoms with Crippen molar-refractivity contribution in [2.45, 2.75) is 6.92 Å². The second-order valence-electron chi connectivity index (χ2n) is 8.06. The normalized spacial score (nSPS) is 11.0. The van der Waals surface area contributed by atoms with E-state index in [0.29, 0.717) is 11.3 Å². The number of amides is 1. The number of nitrogens with one attached hydrogen (secondary N) is 1. The van der Waals surface area contributed by atoms with Gasteiger partial charge in [0.2, 0.25) is 0 Å². The fraction of sp³-hybridized carbons (Fsp3) is 0.103. The lowest BCUT2D eigenvalue weighted by Gasteiger charge is -2.27. The van der Waals surface area contributed by atoms with Crippen LogP contribution in [0.25, 0.3) is 0 Å². The number of anilines is 1. The van der Waals surface area contributed by atoms with E-state index in [9.17, 15) is 9.59 Å². The number of hydrogen-bond acceptors (Lipinski definition) is 3. The summed E-state index contributed by atoms with van der Waals surface area (Å²) >= 11 is 0. The van der Waals surface area contributed by atoms with Gasteiger partial charge in [-0.05, 0) is 55.5 Å². The highest BCUT2D eigenvalue weighted by atomic mass is 31.2. The molecular formula is C29H27NO3P+. The first kappa shape index (κ1) is 23.4. The molecule has 0 saturated carbocycles. The van der Waals surface area contributed by atoms with Crippen molar-refractivity contribution in [1.82, 2.24) is 0 Å². The van der Waals surface area contributed by atoms with Crippen LogP contribution in [-0.2, 0) is 9.53 Å². The summed E-state index contributed by atoms with van der Waals surface area (Å²) in [5.41, 5.74) is 1.94. The fourth-order valence-electron chi connectivity index (χ4n) is 4.17. The fourth-order valence-corrected chi connectivity index (χ4v) is 8.14. The molecule has 0 saturated heterocycles. The maximum atomic E-state index is 13.6. The number of hydrogen-bond donors (Lipinski definition) is 1. The van der Waals surface area contributed by atoms with Crippen LogP contribution in [0.4, 0.5) is 5.69 Å². The van der Waals surface area contributed by atoms with Crippen LogP contribution in [0.1, 0.15) is 15.9 Å². The average molecular weight is 469 g/mol. The third-order valence-corrected chi connectivity index (χ3v) is 10.2. The van der Waals surface area contributed by atoms with Crippen molar-refractivity contribution < 1.29 is 14.3 Å². The molecule has 4 rings (SSSR count). The second kappa shape index (κ2) is 10.5. The first-order valence-corrected chi connectivity index (χ1v) is 13.1. The summed E-state index contributed by atoms with van der Waals surface area (Å²) in [4.78, 5) is 25.9. The maximum Gasteiger partial charge on any atom is 0.339 e. The van der Waals surface area contributed by atoms with Crippen LogP contribution in [0.3, 0.4) is 0 Å². The molecule has 170 valence electrons. The number of para-hydroxylation sites is 1. The van der Waals surface area contributed by atoms with Crippen LogP contribution < -0.4 is 21.2 Å². The molecule has 0 atom stereocenters. The van der Waals surface area contributed by atoms with Gasteiger partial charge in [0.15, 0.2) is 6.16 Å². The zero-order valence-electron chi connectivity index (χ0n) is 19.3. The van der Waals surface area contributed by atoms with Gasteiger partial charge in [0.05, 0.1) is 18.4 Å². The molecule has 0 radical (unpaired) electrons. The summed E-state index contributed by atoms with van der Waals surface area (Å²) in [7, 11) is -1.01. The molecule has 0 aliphatic rings. The van der Waals surface area contributed by atoms with Gasteiger partial charge in [-0.3, -0.25) is 4.79 Å². The van der Waals surface area contributed by atoms with Gasteiger partial charge in [-0.1, -0.05) is 66.2 Å². The summed E-state index contributed by atoms with van der Waals surface area (Å²) in [6.07, 6.45) is 0.263. The third-order valence-electron chi connectivity index (χ3n) is 5.86. The quantitative estimate of drug-likeness (QED) is 0.316. The van der Waals surface area contributed by atoms with E-state index in [1.807, 2.05) is 36.4 Å². The van der Waals surface area contributed by atoms with Crippen LogP contribution in [0.2, 0.25) is 0 Å². The molecule has 4 nitrogen and oxygen atoms in total. The van der Waals surface area contributed by atoms with Crippen molar-refractivity contribution in [2.24, 2.45) is 0 Å². The highest BCUT2D eigenvalue weighted by Crippen LogP contribution is 2.55. The van der Waals surface area contributed by atoms with Gasteiger partial charge >= 0.3 is 5.97 Å². The van der Waals surface area contributed by atoms with E-state index < -0.39 is 13.2 Å². The number of carbonyl (C=O) groups is 2. The summed E-state index contributed by atoms with van der Waals surface area (Å²) in [6, 6.07) is 35.9. The number of ether oxygens (including phenoxy) is 1. The average Bonchev–Trinajstić information content (AvgIpc) is 2.89. The molecule has 0 aliphatic heterocycles. The Morgan fingerprint density at radius 3 is 1.76 bits per heavy atom. The second-order valence-corrected chi connectivity index (χ2v) is 11.5. The lowest BCUT2D eigenvalue weighted by Crippen LogP contribution is -2.37. The summed E-state index contributed by atoms with van der Waals surface area (Å²) in [5, 5.41) is 6.37.